The van der Waals surface area contributed by atoms with Crippen LogP contribution in [0.15, 0.2) is 36.5 Å². The average Bonchev–Trinajstić information content (AvgIpc) is 2.17. The molecule has 0 radical (unpaired) electrons. The summed E-state index contributed by atoms with van der Waals surface area (Å²) in [5.41, 5.74) is 0.371. The first-order chi connectivity index (χ1) is 7.18. The summed E-state index contributed by atoms with van der Waals surface area (Å²) in [5, 5.41) is 12.2. The second kappa shape index (κ2) is 3.57. The van der Waals surface area contributed by atoms with Gasteiger partial charge in [-0.3, -0.25) is 4.79 Å². The smallest absolute Gasteiger partial charge is 0.308 e. The van der Waals surface area contributed by atoms with Gasteiger partial charge in [0.2, 0.25) is 5.75 Å². The van der Waals surface area contributed by atoms with Crippen molar-refractivity contribution in [2.45, 2.75) is 6.92 Å². The van der Waals surface area contributed by atoms with E-state index in [2.05, 4.69) is 0 Å². The predicted molar refractivity (Wildman–Crippen MR) is 54.2 cm³/mol. The van der Waals surface area contributed by atoms with Crippen LogP contribution in [0, 0.1) is 5.21 Å². The number of fused-ring (bicyclic) bond motifs is 1. The van der Waals surface area contributed by atoms with Gasteiger partial charge < -0.3 is 9.94 Å². The number of nitrogens with zero attached hydrogens (tertiary/aromatic N) is 1. The van der Waals surface area contributed by atoms with Gasteiger partial charge in [-0.25, -0.2) is 0 Å². The van der Waals surface area contributed by atoms with E-state index in [0.717, 1.165) is 5.39 Å². The lowest BCUT2D eigenvalue weighted by molar-refractivity contribution is -0.577. The Hall–Kier alpha value is -2.10. The maximum absolute atomic E-state index is 11.5. The summed E-state index contributed by atoms with van der Waals surface area (Å²) in [4.78, 5) is 10.8. The Kier molecular flexibility index (Phi) is 2.25. The molecule has 2 rings (SSSR count). The minimum atomic E-state index is -0.439. The van der Waals surface area contributed by atoms with Crippen LogP contribution in [-0.2, 0) is 4.79 Å². The van der Waals surface area contributed by atoms with Crippen LogP contribution in [0.2, 0.25) is 0 Å². The van der Waals surface area contributed by atoms with Crippen LogP contribution in [0.5, 0.6) is 5.75 Å². The van der Waals surface area contributed by atoms with E-state index in [9.17, 15) is 10.0 Å². The van der Waals surface area contributed by atoms with Gasteiger partial charge in [0.05, 0.1) is 5.39 Å². The Labute approximate surface area is 86.3 Å². The normalized spacial score (nSPS) is 10.2. The summed E-state index contributed by atoms with van der Waals surface area (Å²) >= 11 is 0. The number of aromatic nitrogens is 1. The van der Waals surface area contributed by atoms with Crippen LogP contribution in [0.1, 0.15) is 6.92 Å². The van der Waals surface area contributed by atoms with Gasteiger partial charge in [0.1, 0.15) is 0 Å². The van der Waals surface area contributed by atoms with Gasteiger partial charge >= 0.3 is 5.97 Å². The van der Waals surface area contributed by atoms with E-state index < -0.39 is 5.97 Å². The molecule has 0 N–H and O–H groups in total. The molecule has 0 aliphatic rings. The Balaban J connectivity index is 2.68. The summed E-state index contributed by atoms with van der Waals surface area (Å²) < 4.78 is 5.64. The number of pyridine rings is 1. The standard InChI is InChI=1S/C11H9NO3/c1-8(13)15-10-6-2-4-9-5-3-7-12(14)11(9)10/h2-7H,1H3. The first-order valence-corrected chi connectivity index (χ1v) is 4.48. The number of hydrogen-bond donors (Lipinski definition) is 0. The van der Waals surface area contributed by atoms with Crippen molar-refractivity contribution in [3.63, 3.8) is 0 Å². The van der Waals surface area contributed by atoms with Crippen molar-refractivity contribution in [1.29, 1.82) is 0 Å². The first-order valence-electron chi connectivity index (χ1n) is 4.48. The predicted octanol–water partition coefficient (Wildman–Crippen LogP) is 1.40. The van der Waals surface area contributed by atoms with Crippen LogP contribution < -0.4 is 9.47 Å². The number of carbonyl (C=O) groups is 1. The molecule has 0 amide bonds. The fourth-order valence-electron chi connectivity index (χ4n) is 1.45. The number of rotatable bonds is 1. The zero-order valence-corrected chi connectivity index (χ0v) is 8.14. The van der Waals surface area contributed by atoms with Gasteiger partial charge in [0.15, 0.2) is 6.20 Å². The minimum absolute atomic E-state index is 0.288. The molecule has 1 aromatic carbocycles. The van der Waals surface area contributed by atoms with Crippen molar-refractivity contribution < 1.29 is 14.3 Å². The van der Waals surface area contributed by atoms with Crippen molar-refractivity contribution in [1.82, 2.24) is 0 Å². The van der Waals surface area contributed by atoms with Gasteiger partial charge in [-0.05, 0) is 18.2 Å². The summed E-state index contributed by atoms with van der Waals surface area (Å²) in [6.07, 6.45) is 1.37. The lowest BCUT2D eigenvalue weighted by atomic mass is 10.2. The first kappa shape index (κ1) is 9.45. The molecule has 76 valence electrons. The molecule has 0 saturated heterocycles. The molecule has 0 atom stereocenters. The SMILES string of the molecule is CC(=O)Oc1cccc2ccc[n+]([O-])c12. The van der Waals surface area contributed by atoms with Gasteiger partial charge in [-0.15, -0.1) is 0 Å². The van der Waals surface area contributed by atoms with Gasteiger partial charge in [0.25, 0.3) is 5.52 Å². The Morgan fingerprint density at radius 1 is 1.33 bits per heavy atom. The molecule has 1 heterocycles. The van der Waals surface area contributed by atoms with Crippen molar-refractivity contribution in [2.75, 3.05) is 0 Å². The van der Waals surface area contributed by atoms with Crippen molar-refractivity contribution in [2.24, 2.45) is 0 Å². The van der Waals surface area contributed by atoms with Gasteiger partial charge in [-0.1, -0.05) is 6.07 Å². The summed E-state index contributed by atoms with van der Waals surface area (Å²) in [7, 11) is 0. The van der Waals surface area contributed by atoms with Gasteiger partial charge in [-0.2, -0.15) is 4.73 Å². The number of para-hydroxylation sites is 1. The van der Waals surface area contributed by atoms with E-state index in [4.69, 9.17) is 4.74 Å². The van der Waals surface area contributed by atoms with Crippen molar-refractivity contribution >= 4 is 16.9 Å². The molecule has 15 heavy (non-hydrogen) atoms. The highest BCUT2D eigenvalue weighted by Crippen LogP contribution is 2.21. The highest BCUT2D eigenvalue weighted by Gasteiger charge is 2.11. The molecule has 0 spiro atoms. The maximum Gasteiger partial charge on any atom is 0.308 e. The van der Waals surface area contributed by atoms with E-state index >= 15 is 0 Å². The summed E-state index contributed by atoms with van der Waals surface area (Å²) in [6, 6.07) is 8.55. The third kappa shape index (κ3) is 1.74. The molecule has 4 nitrogen and oxygen atoms in total. The minimum Gasteiger partial charge on any atom is -0.618 e. The average molecular weight is 203 g/mol. The number of hydrogen-bond acceptors (Lipinski definition) is 3. The largest absolute Gasteiger partial charge is 0.618 e. The van der Waals surface area contributed by atoms with E-state index in [1.165, 1.54) is 13.1 Å². The lowest BCUT2D eigenvalue weighted by Gasteiger charge is -2.05. The number of carbonyl (C=O) groups excluding carboxylic acids is 1. The molecule has 2 aromatic rings. The van der Waals surface area contributed by atoms with Crippen LogP contribution >= 0.6 is 0 Å². The second-order valence-corrected chi connectivity index (χ2v) is 3.12. The molecule has 0 aliphatic carbocycles. The van der Waals surface area contributed by atoms with E-state index in [0.29, 0.717) is 10.2 Å². The van der Waals surface area contributed by atoms with Crippen LogP contribution in [0.4, 0.5) is 0 Å². The molecule has 0 bridgehead atoms. The summed E-state index contributed by atoms with van der Waals surface area (Å²) in [6.45, 7) is 1.30. The fraction of sp³-hybridized carbons (Fsp3) is 0.0909. The molecule has 0 aliphatic heterocycles. The highest BCUT2D eigenvalue weighted by atomic mass is 16.5. The van der Waals surface area contributed by atoms with Crippen LogP contribution in [0.3, 0.4) is 0 Å². The molecule has 0 unspecified atom stereocenters. The number of esters is 1. The topological polar surface area (TPSA) is 53.2 Å². The second-order valence-electron chi connectivity index (χ2n) is 3.12. The quantitative estimate of drug-likeness (QED) is 0.304. The zero-order chi connectivity index (χ0) is 10.8. The number of ether oxygens (including phenoxy) is 1. The molecule has 4 heteroatoms. The third-order valence-electron chi connectivity index (χ3n) is 2.00. The molecular formula is C11H9NO3. The molecule has 1 aromatic heterocycles. The lowest BCUT2D eigenvalue weighted by Crippen LogP contribution is -2.26. The van der Waals surface area contributed by atoms with Crippen molar-refractivity contribution in [3.8, 4) is 5.75 Å². The monoisotopic (exact) mass is 203 g/mol. The maximum atomic E-state index is 11.5. The van der Waals surface area contributed by atoms with E-state index in [-0.39, 0.29) is 5.75 Å². The van der Waals surface area contributed by atoms with Crippen LogP contribution in [-0.4, -0.2) is 5.97 Å². The van der Waals surface area contributed by atoms with Crippen LogP contribution in [0.25, 0.3) is 10.9 Å². The Morgan fingerprint density at radius 2 is 2.07 bits per heavy atom. The third-order valence-corrected chi connectivity index (χ3v) is 2.00. The van der Waals surface area contributed by atoms with E-state index in [1.807, 2.05) is 0 Å². The Morgan fingerprint density at radius 3 is 2.80 bits per heavy atom. The zero-order valence-electron chi connectivity index (χ0n) is 8.14. The highest BCUT2D eigenvalue weighted by molar-refractivity contribution is 5.84. The molecule has 0 fully saturated rings. The van der Waals surface area contributed by atoms with E-state index in [1.54, 1.807) is 30.3 Å². The fourth-order valence-corrected chi connectivity index (χ4v) is 1.45. The molecule has 0 saturated carbocycles. The summed E-state index contributed by atoms with van der Waals surface area (Å²) in [5.74, 6) is -0.151. The number of benzene rings is 1. The van der Waals surface area contributed by atoms with Gasteiger partial charge in [0, 0.05) is 13.0 Å². The van der Waals surface area contributed by atoms with Crippen molar-refractivity contribution in [3.05, 3.63) is 41.7 Å². The Bertz CT molecular complexity index is 517. The molecular weight excluding hydrogens is 194 g/mol.